The molecule has 2 amide bonds. The molecular weight excluding hydrogens is 546 g/mol. The lowest BCUT2D eigenvalue weighted by atomic mass is 10.1. The number of sulfone groups is 1. The summed E-state index contributed by atoms with van der Waals surface area (Å²) >= 11 is 6.05. The smallest absolute Gasteiger partial charge is 0.259 e. The van der Waals surface area contributed by atoms with Crippen LogP contribution in [0.3, 0.4) is 0 Å². The number of nitrogens with zero attached hydrogens (tertiary/aromatic N) is 1. The molecule has 2 heterocycles. The summed E-state index contributed by atoms with van der Waals surface area (Å²) in [5.41, 5.74) is 3.36. The lowest BCUT2D eigenvalue weighted by Gasteiger charge is -2.23. The minimum Gasteiger partial charge on any atom is -0.361 e. The van der Waals surface area contributed by atoms with Crippen LogP contribution in [0.25, 0.3) is 10.9 Å². The van der Waals surface area contributed by atoms with E-state index in [1.54, 1.807) is 36.4 Å². The van der Waals surface area contributed by atoms with Crippen LogP contribution in [-0.2, 0) is 22.8 Å². The minimum absolute atomic E-state index is 0.0323. The van der Waals surface area contributed by atoms with E-state index in [-0.39, 0.29) is 39.1 Å². The molecule has 0 fully saturated rings. The van der Waals surface area contributed by atoms with Crippen LogP contribution < -0.4 is 10.2 Å². The summed E-state index contributed by atoms with van der Waals surface area (Å²) in [5.74, 6) is -0.828. The van der Waals surface area contributed by atoms with Gasteiger partial charge in [-0.05, 0) is 66.1 Å². The van der Waals surface area contributed by atoms with Crippen molar-refractivity contribution in [3.8, 4) is 0 Å². The number of carbonyl (C=O) groups excluding carboxylic acids is 2. The van der Waals surface area contributed by atoms with Crippen molar-refractivity contribution in [3.63, 3.8) is 0 Å². The molecule has 0 radical (unpaired) electrons. The number of fused-ring (bicyclic) bond motifs is 3. The number of nitrogens with one attached hydrogen (secondary N) is 2. The van der Waals surface area contributed by atoms with Gasteiger partial charge in [0.2, 0.25) is 9.84 Å². The number of benzene rings is 4. The number of hydrogen-bond acceptors (Lipinski definition) is 4. The molecule has 1 aliphatic heterocycles. The zero-order chi connectivity index (χ0) is 27.9. The SMILES string of the molecule is O=C(NCCc1c[nH]c2ccccc12)c1ccc2c(c1)N(Cc1ccc(Cl)cc1)C(=O)c1ccccc1S2(=O)=O. The Morgan fingerprint density at radius 3 is 2.48 bits per heavy atom. The second kappa shape index (κ2) is 10.3. The molecule has 0 aliphatic carbocycles. The maximum absolute atomic E-state index is 13.8. The number of rotatable bonds is 6. The fourth-order valence-corrected chi connectivity index (χ4v) is 6.79. The van der Waals surface area contributed by atoms with Crippen LogP contribution in [0.2, 0.25) is 5.02 Å². The first-order valence-corrected chi connectivity index (χ1v) is 14.6. The summed E-state index contributed by atoms with van der Waals surface area (Å²) < 4.78 is 27.4. The van der Waals surface area contributed by atoms with Crippen LogP contribution in [0.15, 0.2) is 107 Å². The van der Waals surface area contributed by atoms with E-state index in [1.165, 1.54) is 35.2 Å². The largest absolute Gasteiger partial charge is 0.361 e. The lowest BCUT2D eigenvalue weighted by molar-refractivity contribution is 0.0950. The van der Waals surface area contributed by atoms with Crippen LogP contribution in [0.5, 0.6) is 0 Å². The Balaban J connectivity index is 1.33. The van der Waals surface area contributed by atoms with E-state index in [2.05, 4.69) is 10.3 Å². The summed E-state index contributed by atoms with van der Waals surface area (Å²) in [6, 6.07) is 25.5. The molecular formula is C31H24ClN3O4S. The summed E-state index contributed by atoms with van der Waals surface area (Å²) in [7, 11) is -4.03. The van der Waals surface area contributed by atoms with Crippen molar-refractivity contribution >= 4 is 49.8 Å². The number of amides is 2. The van der Waals surface area contributed by atoms with Crippen molar-refractivity contribution in [3.05, 3.63) is 124 Å². The summed E-state index contributed by atoms with van der Waals surface area (Å²) in [6.45, 7) is 0.480. The van der Waals surface area contributed by atoms with E-state index in [1.807, 2.05) is 30.5 Å². The molecule has 1 aliphatic rings. The highest BCUT2D eigenvalue weighted by Crippen LogP contribution is 2.38. The van der Waals surface area contributed by atoms with Crippen LogP contribution in [0.1, 0.15) is 31.8 Å². The van der Waals surface area contributed by atoms with Gasteiger partial charge in [-0.25, -0.2) is 8.42 Å². The van der Waals surface area contributed by atoms with Crippen LogP contribution in [0, 0.1) is 0 Å². The number of H-pyrrole nitrogens is 1. The van der Waals surface area contributed by atoms with Crippen molar-refractivity contribution in [1.82, 2.24) is 10.3 Å². The first-order valence-electron chi connectivity index (χ1n) is 12.7. The monoisotopic (exact) mass is 569 g/mol. The molecule has 200 valence electrons. The van der Waals surface area contributed by atoms with Gasteiger partial charge in [0.05, 0.1) is 27.6 Å². The van der Waals surface area contributed by atoms with E-state index in [4.69, 9.17) is 11.6 Å². The number of hydrogen-bond donors (Lipinski definition) is 2. The zero-order valence-electron chi connectivity index (χ0n) is 21.2. The van der Waals surface area contributed by atoms with E-state index < -0.39 is 15.7 Å². The van der Waals surface area contributed by atoms with E-state index in [9.17, 15) is 18.0 Å². The van der Waals surface area contributed by atoms with Crippen molar-refractivity contribution in [2.75, 3.05) is 11.4 Å². The highest BCUT2D eigenvalue weighted by molar-refractivity contribution is 7.91. The van der Waals surface area contributed by atoms with Crippen molar-refractivity contribution < 1.29 is 18.0 Å². The van der Waals surface area contributed by atoms with Crippen molar-refractivity contribution in [2.24, 2.45) is 0 Å². The van der Waals surface area contributed by atoms with E-state index >= 15 is 0 Å². The molecule has 0 saturated heterocycles. The standard InChI is InChI=1S/C31H24ClN3O4S/c32-23-12-9-20(10-13-23)19-35-27-17-21(30(36)33-16-15-22-18-34-26-7-3-1-5-24(22)26)11-14-29(27)40(38,39)28-8-4-2-6-25(28)31(35)37/h1-14,17-18,34H,15-16,19H2,(H,33,36). The zero-order valence-corrected chi connectivity index (χ0v) is 22.8. The number of aromatic nitrogens is 1. The van der Waals surface area contributed by atoms with Crippen molar-refractivity contribution in [1.29, 1.82) is 0 Å². The van der Waals surface area contributed by atoms with Gasteiger partial charge >= 0.3 is 0 Å². The molecule has 1 aromatic heterocycles. The van der Waals surface area contributed by atoms with Gasteiger partial charge in [0.25, 0.3) is 11.8 Å². The van der Waals surface area contributed by atoms with Gasteiger partial charge in [-0.2, -0.15) is 0 Å². The molecule has 0 unspecified atom stereocenters. The third kappa shape index (κ3) is 4.65. The number of carbonyl (C=O) groups is 2. The summed E-state index contributed by atoms with van der Waals surface area (Å²) in [5, 5.41) is 4.57. The third-order valence-electron chi connectivity index (χ3n) is 7.06. The van der Waals surface area contributed by atoms with E-state index in [0.29, 0.717) is 18.0 Å². The average molecular weight is 570 g/mol. The Morgan fingerprint density at radius 1 is 0.900 bits per heavy atom. The Bertz CT molecular complexity index is 1880. The Labute approximate surface area is 236 Å². The molecule has 0 spiro atoms. The Morgan fingerprint density at radius 2 is 1.65 bits per heavy atom. The third-order valence-corrected chi connectivity index (χ3v) is 9.17. The highest BCUT2D eigenvalue weighted by Gasteiger charge is 2.36. The summed E-state index contributed by atoms with van der Waals surface area (Å²) in [6.07, 6.45) is 2.55. The molecule has 0 bridgehead atoms. The van der Waals surface area contributed by atoms with Gasteiger partial charge < -0.3 is 15.2 Å². The minimum atomic E-state index is -4.03. The van der Waals surface area contributed by atoms with Gasteiger partial charge in [-0.3, -0.25) is 9.59 Å². The Kier molecular flexibility index (Phi) is 6.65. The van der Waals surface area contributed by atoms with Crippen molar-refractivity contribution in [2.45, 2.75) is 22.8 Å². The molecule has 9 heteroatoms. The first-order chi connectivity index (χ1) is 19.3. The summed E-state index contributed by atoms with van der Waals surface area (Å²) in [4.78, 5) is 31.5. The van der Waals surface area contributed by atoms with Gasteiger partial charge in [0.1, 0.15) is 0 Å². The number of para-hydroxylation sites is 1. The van der Waals surface area contributed by atoms with Crippen LogP contribution in [0.4, 0.5) is 5.69 Å². The number of anilines is 1. The molecule has 0 saturated carbocycles. The average Bonchev–Trinajstić information content (AvgIpc) is 3.36. The maximum Gasteiger partial charge on any atom is 0.259 e. The molecule has 0 atom stereocenters. The predicted octanol–water partition coefficient (Wildman–Crippen LogP) is 5.79. The molecule has 4 aromatic carbocycles. The highest BCUT2D eigenvalue weighted by atomic mass is 35.5. The number of halogens is 1. The molecule has 40 heavy (non-hydrogen) atoms. The van der Waals surface area contributed by atoms with Gasteiger partial charge in [-0.15, -0.1) is 0 Å². The fourth-order valence-electron chi connectivity index (χ4n) is 5.03. The Hall–Kier alpha value is -4.40. The van der Waals surface area contributed by atoms with Crippen LogP contribution in [-0.4, -0.2) is 31.8 Å². The normalized spacial score (nSPS) is 13.9. The van der Waals surface area contributed by atoms with Gasteiger partial charge in [-0.1, -0.05) is 54.1 Å². The van der Waals surface area contributed by atoms with Gasteiger partial charge in [0, 0.05) is 34.2 Å². The number of aromatic amines is 1. The molecule has 7 nitrogen and oxygen atoms in total. The maximum atomic E-state index is 13.8. The lowest BCUT2D eigenvalue weighted by Crippen LogP contribution is -2.31. The molecule has 5 aromatic rings. The van der Waals surface area contributed by atoms with E-state index in [0.717, 1.165) is 22.0 Å². The second-order valence-electron chi connectivity index (χ2n) is 9.57. The molecule has 2 N–H and O–H groups in total. The molecule has 6 rings (SSSR count). The predicted molar refractivity (Wildman–Crippen MR) is 155 cm³/mol. The topological polar surface area (TPSA) is 99.3 Å². The quantitative estimate of drug-likeness (QED) is 0.270. The van der Waals surface area contributed by atoms with Gasteiger partial charge in [0.15, 0.2) is 0 Å². The first kappa shape index (κ1) is 25.9. The second-order valence-corrected chi connectivity index (χ2v) is 11.9. The fraction of sp³-hybridized carbons (Fsp3) is 0.0968. The van der Waals surface area contributed by atoms with Crippen LogP contribution >= 0.6 is 11.6 Å².